The number of ether oxygens (including phenoxy) is 1. The Hall–Kier alpha value is -2.86. The predicted octanol–water partition coefficient (Wildman–Crippen LogP) is 3.25. The van der Waals surface area contributed by atoms with E-state index in [-0.39, 0.29) is 12.3 Å². The number of benzene rings is 2. The maximum absolute atomic E-state index is 12.4. The fourth-order valence-corrected chi connectivity index (χ4v) is 2.69. The molecule has 122 valence electrons. The summed E-state index contributed by atoms with van der Waals surface area (Å²) in [6.07, 6.45) is 0.130. The number of esters is 1. The maximum Gasteiger partial charge on any atom is 0.337 e. The number of fused-ring (bicyclic) bond motifs is 1. The number of methoxy groups -OCH3 is 1. The molecule has 0 spiro atoms. The van der Waals surface area contributed by atoms with Gasteiger partial charge in [0.2, 0.25) is 5.91 Å². The second-order valence-corrected chi connectivity index (χ2v) is 5.61. The summed E-state index contributed by atoms with van der Waals surface area (Å²) in [5, 5.41) is 3.15. The first-order valence-corrected chi connectivity index (χ1v) is 7.48. The normalized spacial score (nSPS) is 12.8. The van der Waals surface area contributed by atoms with Crippen LogP contribution in [0.2, 0.25) is 5.02 Å². The first-order valence-electron chi connectivity index (χ1n) is 7.10. The minimum absolute atomic E-state index is 0.130. The molecule has 3 amide bonds. The first kappa shape index (κ1) is 16.0. The number of halogens is 1. The third kappa shape index (κ3) is 2.96. The summed E-state index contributed by atoms with van der Waals surface area (Å²) in [6, 6.07) is 10.6. The van der Waals surface area contributed by atoms with E-state index >= 15 is 0 Å². The van der Waals surface area contributed by atoms with Crippen molar-refractivity contribution in [1.82, 2.24) is 0 Å². The number of urea groups is 1. The highest BCUT2D eigenvalue weighted by Gasteiger charge is 2.32. The monoisotopic (exact) mass is 344 g/mol. The summed E-state index contributed by atoms with van der Waals surface area (Å²) in [7, 11) is 1.29. The highest BCUT2D eigenvalue weighted by atomic mass is 35.5. The molecular weight excluding hydrogens is 332 g/mol. The number of carbonyl (C=O) groups excluding carboxylic acids is 3. The molecule has 6 nitrogen and oxygen atoms in total. The van der Waals surface area contributed by atoms with Gasteiger partial charge in [-0.05, 0) is 48.0 Å². The number of hydrogen-bond acceptors (Lipinski definition) is 4. The van der Waals surface area contributed by atoms with Gasteiger partial charge in [0.1, 0.15) is 0 Å². The topological polar surface area (TPSA) is 75.7 Å². The zero-order chi connectivity index (χ0) is 17.3. The van der Waals surface area contributed by atoms with Crippen LogP contribution in [0.5, 0.6) is 0 Å². The average molecular weight is 345 g/mol. The highest BCUT2D eigenvalue weighted by Crippen LogP contribution is 2.31. The zero-order valence-corrected chi connectivity index (χ0v) is 13.5. The Bertz CT molecular complexity index is 833. The fraction of sp³-hybridized carbons (Fsp3) is 0.118. The van der Waals surface area contributed by atoms with Gasteiger partial charge in [-0.2, -0.15) is 0 Å². The van der Waals surface area contributed by atoms with Gasteiger partial charge in [0.25, 0.3) is 0 Å². The molecule has 2 aromatic rings. The quantitative estimate of drug-likeness (QED) is 0.848. The van der Waals surface area contributed by atoms with Gasteiger partial charge < -0.3 is 10.1 Å². The Labute approximate surface area is 143 Å². The van der Waals surface area contributed by atoms with Crippen molar-refractivity contribution in [3.63, 3.8) is 0 Å². The number of carbonyl (C=O) groups is 3. The van der Waals surface area contributed by atoms with E-state index < -0.39 is 12.0 Å². The summed E-state index contributed by atoms with van der Waals surface area (Å²) >= 11 is 5.91. The van der Waals surface area contributed by atoms with E-state index in [0.29, 0.717) is 27.5 Å². The van der Waals surface area contributed by atoms with Crippen molar-refractivity contribution < 1.29 is 19.1 Å². The first-order chi connectivity index (χ1) is 11.5. The van der Waals surface area contributed by atoms with Crippen LogP contribution in [0.25, 0.3) is 0 Å². The summed E-state index contributed by atoms with van der Waals surface area (Å²) in [5.74, 6) is -0.788. The molecule has 0 bridgehead atoms. The van der Waals surface area contributed by atoms with Crippen molar-refractivity contribution in [2.24, 2.45) is 0 Å². The summed E-state index contributed by atoms with van der Waals surface area (Å²) in [5.41, 5.74) is 2.06. The molecule has 7 heteroatoms. The molecule has 2 aromatic carbocycles. The number of nitrogens with one attached hydrogen (secondary N) is 1. The Morgan fingerprint density at radius 1 is 1.17 bits per heavy atom. The van der Waals surface area contributed by atoms with Gasteiger partial charge in [-0.15, -0.1) is 0 Å². The standard InChI is InChI=1S/C17H13ClN2O4/c1-24-16(22)10-2-5-13(6-3-10)19-17(23)20-14-7-4-12(18)8-11(14)9-15(20)21/h2-8H,9H2,1H3,(H,19,23). The van der Waals surface area contributed by atoms with Gasteiger partial charge in [-0.25, -0.2) is 14.5 Å². The van der Waals surface area contributed by atoms with Crippen LogP contribution in [0.15, 0.2) is 42.5 Å². The maximum atomic E-state index is 12.4. The number of anilines is 2. The molecule has 0 radical (unpaired) electrons. The lowest BCUT2D eigenvalue weighted by atomic mass is 10.2. The van der Waals surface area contributed by atoms with E-state index in [2.05, 4.69) is 10.1 Å². The second-order valence-electron chi connectivity index (χ2n) is 5.18. The number of nitrogens with zero attached hydrogens (tertiary/aromatic N) is 1. The van der Waals surface area contributed by atoms with Crippen molar-refractivity contribution in [2.45, 2.75) is 6.42 Å². The van der Waals surface area contributed by atoms with Crippen molar-refractivity contribution >= 4 is 40.9 Å². The Morgan fingerprint density at radius 3 is 2.54 bits per heavy atom. The Morgan fingerprint density at radius 2 is 1.88 bits per heavy atom. The van der Waals surface area contributed by atoms with Crippen LogP contribution in [0.4, 0.5) is 16.2 Å². The molecule has 0 fully saturated rings. The minimum atomic E-state index is -0.563. The number of hydrogen-bond donors (Lipinski definition) is 1. The highest BCUT2D eigenvalue weighted by molar-refractivity contribution is 6.31. The Balaban J connectivity index is 1.78. The summed E-state index contributed by atoms with van der Waals surface area (Å²) < 4.78 is 4.61. The number of amides is 3. The molecule has 1 aliphatic rings. The van der Waals surface area contributed by atoms with Gasteiger partial charge in [0.15, 0.2) is 0 Å². The molecule has 1 heterocycles. The van der Waals surface area contributed by atoms with Gasteiger partial charge in [-0.1, -0.05) is 11.6 Å². The van der Waals surface area contributed by atoms with E-state index in [1.807, 2.05) is 0 Å². The van der Waals surface area contributed by atoms with Crippen LogP contribution in [0.1, 0.15) is 15.9 Å². The van der Waals surface area contributed by atoms with E-state index in [0.717, 1.165) is 4.90 Å². The molecule has 1 aliphatic heterocycles. The smallest absolute Gasteiger partial charge is 0.337 e. The molecule has 3 rings (SSSR count). The van der Waals surface area contributed by atoms with Gasteiger partial charge in [0.05, 0.1) is 24.8 Å². The lowest BCUT2D eigenvalue weighted by Gasteiger charge is -2.16. The van der Waals surface area contributed by atoms with Crippen LogP contribution in [-0.4, -0.2) is 25.0 Å². The third-order valence-electron chi connectivity index (χ3n) is 3.63. The van der Waals surface area contributed by atoms with Gasteiger partial charge >= 0.3 is 12.0 Å². The van der Waals surface area contributed by atoms with Crippen molar-refractivity contribution in [2.75, 3.05) is 17.3 Å². The SMILES string of the molecule is COC(=O)c1ccc(NC(=O)N2C(=O)Cc3cc(Cl)ccc32)cc1. The second kappa shape index (κ2) is 6.33. The molecule has 0 atom stereocenters. The van der Waals surface area contributed by atoms with Crippen LogP contribution < -0.4 is 10.2 Å². The number of imide groups is 1. The molecule has 0 aromatic heterocycles. The fourth-order valence-electron chi connectivity index (χ4n) is 2.50. The van der Waals surface area contributed by atoms with E-state index in [9.17, 15) is 14.4 Å². The molecule has 0 saturated carbocycles. The molecule has 0 saturated heterocycles. The van der Waals surface area contributed by atoms with Crippen molar-refractivity contribution in [3.05, 3.63) is 58.6 Å². The van der Waals surface area contributed by atoms with Crippen molar-refractivity contribution in [3.8, 4) is 0 Å². The van der Waals surface area contributed by atoms with Crippen LogP contribution in [0.3, 0.4) is 0 Å². The average Bonchev–Trinajstić information content (AvgIpc) is 2.89. The van der Waals surface area contributed by atoms with E-state index in [4.69, 9.17) is 11.6 Å². The van der Waals surface area contributed by atoms with Crippen molar-refractivity contribution in [1.29, 1.82) is 0 Å². The molecule has 24 heavy (non-hydrogen) atoms. The summed E-state index contributed by atoms with van der Waals surface area (Å²) in [6.45, 7) is 0. The molecule has 0 unspecified atom stereocenters. The molecule has 0 aliphatic carbocycles. The molecule has 1 N–H and O–H groups in total. The van der Waals surface area contributed by atoms with Gasteiger partial charge in [-0.3, -0.25) is 4.79 Å². The van der Waals surface area contributed by atoms with E-state index in [1.54, 1.807) is 30.3 Å². The molecular formula is C17H13ClN2O4. The predicted molar refractivity (Wildman–Crippen MR) is 89.4 cm³/mol. The van der Waals surface area contributed by atoms with Crippen LogP contribution in [0, 0.1) is 0 Å². The Kier molecular flexibility index (Phi) is 4.22. The van der Waals surface area contributed by atoms with E-state index in [1.165, 1.54) is 19.2 Å². The zero-order valence-electron chi connectivity index (χ0n) is 12.7. The summed E-state index contributed by atoms with van der Waals surface area (Å²) in [4.78, 5) is 37.0. The minimum Gasteiger partial charge on any atom is -0.465 e. The largest absolute Gasteiger partial charge is 0.465 e. The van der Waals surface area contributed by atoms with Crippen LogP contribution >= 0.6 is 11.6 Å². The van der Waals surface area contributed by atoms with Crippen LogP contribution in [-0.2, 0) is 16.0 Å². The lowest BCUT2D eigenvalue weighted by molar-refractivity contribution is -0.116. The van der Waals surface area contributed by atoms with Gasteiger partial charge in [0, 0.05) is 10.7 Å². The lowest BCUT2D eigenvalue weighted by Crippen LogP contribution is -2.37. The number of rotatable bonds is 2. The third-order valence-corrected chi connectivity index (χ3v) is 3.87.